The lowest BCUT2D eigenvalue weighted by Crippen LogP contribution is -2.20. The molecule has 0 spiro atoms. The molecule has 0 bridgehead atoms. The molecule has 0 radical (unpaired) electrons. The van der Waals surface area contributed by atoms with Gasteiger partial charge in [0.25, 0.3) is 12.0 Å². The first kappa shape index (κ1) is 15.4. The van der Waals surface area contributed by atoms with Crippen molar-refractivity contribution in [3.8, 4) is 0 Å². The standard InChI is InChI=1S/C10H13F2IN2O3/c1-17-4-6-9(13)10(16)15-8(14-6)2-3-18-5-7(11)12/h7H,2-5H2,1H3,(H,14,15,16). The van der Waals surface area contributed by atoms with Crippen LogP contribution < -0.4 is 5.56 Å². The number of aromatic amines is 1. The van der Waals surface area contributed by atoms with Crippen molar-refractivity contribution in [2.75, 3.05) is 20.3 Å². The summed E-state index contributed by atoms with van der Waals surface area (Å²) >= 11 is 1.88. The molecule has 5 nitrogen and oxygen atoms in total. The summed E-state index contributed by atoms with van der Waals surface area (Å²) in [6.45, 7) is -0.299. The lowest BCUT2D eigenvalue weighted by Gasteiger charge is -2.06. The monoisotopic (exact) mass is 374 g/mol. The molecule has 1 aromatic heterocycles. The van der Waals surface area contributed by atoms with Crippen LogP contribution in [0.25, 0.3) is 0 Å². The van der Waals surface area contributed by atoms with Crippen LogP contribution in [0.3, 0.4) is 0 Å². The molecule has 8 heteroatoms. The van der Waals surface area contributed by atoms with E-state index in [4.69, 9.17) is 9.47 Å². The van der Waals surface area contributed by atoms with Crippen molar-refractivity contribution < 1.29 is 18.3 Å². The van der Waals surface area contributed by atoms with Gasteiger partial charge in [0.05, 0.1) is 18.9 Å². The van der Waals surface area contributed by atoms with E-state index in [0.717, 1.165) is 0 Å². The Hall–Kier alpha value is -0.610. The number of nitrogens with one attached hydrogen (secondary N) is 1. The summed E-state index contributed by atoms with van der Waals surface area (Å²) in [6.07, 6.45) is -2.21. The van der Waals surface area contributed by atoms with E-state index in [1.807, 2.05) is 22.6 Å². The second-order valence-electron chi connectivity index (χ2n) is 3.42. The molecule has 0 aromatic carbocycles. The van der Waals surface area contributed by atoms with Crippen molar-refractivity contribution in [2.24, 2.45) is 0 Å². The Morgan fingerprint density at radius 2 is 2.22 bits per heavy atom. The maximum Gasteiger partial charge on any atom is 0.264 e. The zero-order valence-corrected chi connectivity index (χ0v) is 11.9. The van der Waals surface area contributed by atoms with Crippen LogP contribution in [0.4, 0.5) is 8.78 Å². The van der Waals surface area contributed by atoms with Crippen LogP contribution in [-0.4, -0.2) is 36.7 Å². The number of halogens is 3. The van der Waals surface area contributed by atoms with Gasteiger partial charge < -0.3 is 14.5 Å². The summed E-state index contributed by atoms with van der Waals surface area (Å²) in [5.41, 5.74) is 0.271. The van der Waals surface area contributed by atoms with Gasteiger partial charge >= 0.3 is 0 Å². The van der Waals surface area contributed by atoms with Crippen LogP contribution in [0.1, 0.15) is 11.5 Å². The average molecular weight is 374 g/mol. The number of nitrogens with zero attached hydrogens (tertiary/aromatic N) is 1. The highest BCUT2D eigenvalue weighted by Crippen LogP contribution is 2.06. The third kappa shape index (κ3) is 4.94. The van der Waals surface area contributed by atoms with Crippen LogP contribution in [0.2, 0.25) is 0 Å². The molecule has 0 fully saturated rings. The average Bonchev–Trinajstić information content (AvgIpc) is 2.31. The van der Waals surface area contributed by atoms with Crippen LogP contribution in [0.5, 0.6) is 0 Å². The first-order valence-electron chi connectivity index (χ1n) is 5.17. The van der Waals surface area contributed by atoms with E-state index in [1.54, 1.807) is 0 Å². The molecule has 1 aromatic rings. The van der Waals surface area contributed by atoms with Crippen LogP contribution in [0, 0.1) is 3.57 Å². The van der Waals surface area contributed by atoms with Crippen molar-refractivity contribution in [1.29, 1.82) is 0 Å². The van der Waals surface area contributed by atoms with Crippen molar-refractivity contribution >= 4 is 22.6 Å². The number of methoxy groups -OCH3 is 1. The normalized spacial score (nSPS) is 11.2. The maximum absolute atomic E-state index is 11.8. The quantitative estimate of drug-likeness (QED) is 0.578. The fourth-order valence-electron chi connectivity index (χ4n) is 1.25. The highest BCUT2D eigenvalue weighted by Gasteiger charge is 2.09. The van der Waals surface area contributed by atoms with E-state index < -0.39 is 13.0 Å². The summed E-state index contributed by atoms with van der Waals surface area (Å²) in [5.74, 6) is 0.404. The van der Waals surface area contributed by atoms with Crippen LogP contribution in [0.15, 0.2) is 4.79 Å². The molecule has 0 amide bonds. The highest BCUT2D eigenvalue weighted by atomic mass is 127. The Bertz CT molecular complexity index is 440. The van der Waals surface area contributed by atoms with Crippen LogP contribution in [-0.2, 0) is 22.5 Å². The lowest BCUT2D eigenvalue weighted by atomic mass is 10.3. The molecule has 0 aliphatic rings. The molecule has 102 valence electrons. The summed E-state index contributed by atoms with van der Waals surface area (Å²) in [7, 11) is 1.50. The van der Waals surface area contributed by atoms with Gasteiger partial charge in [0.15, 0.2) is 0 Å². The van der Waals surface area contributed by atoms with Gasteiger partial charge in [0, 0.05) is 13.5 Å². The summed E-state index contributed by atoms with van der Waals surface area (Å²) in [6, 6.07) is 0. The zero-order valence-electron chi connectivity index (χ0n) is 9.71. The first-order chi connectivity index (χ1) is 8.54. The molecular formula is C10H13F2IN2O3. The number of ether oxygens (including phenoxy) is 2. The van der Waals surface area contributed by atoms with Gasteiger partial charge in [0.2, 0.25) is 0 Å². The number of aromatic nitrogens is 2. The van der Waals surface area contributed by atoms with E-state index in [0.29, 0.717) is 15.1 Å². The predicted octanol–water partition coefficient (Wildman–Crippen LogP) is 1.35. The molecule has 0 unspecified atom stereocenters. The topological polar surface area (TPSA) is 64.2 Å². The molecule has 0 atom stereocenters. The summed E-state index contributed by atoms with van der Waals surface area (Å²) < 4.78 is 33.8. The fourth-order valence-corrected chi connectivity index (χ4v) is 1.66. The summed E-state index contributed by atoms with van der Waals surface area (Å²) in [5, 5.41) is 0. The molecule has 0 saturated heterocycles. The summed E-state index contributed by atoms with van der Waals surface area (Å²) in [4.78, 5) is 18.3. The minimum atomic E-state index is -2.49. The molecular weight excluding hydrogens is 361 g/mol. The molecule has 0 saturated carbocycles. The molecule has 1 N–H and O–H groups in total. The minimum Gasteiger partial charge on any atom is -0.378 e. The van der Waals surface area contributed by atoms with Crippen molar-refractivity contribution in [3.05, 3.63) is 25.4 Å². The highest BCUT2D eigenvalue weighted by molar-refractivity contribution is 14.1. The smallest absolute Gasteiger partial charge is 0.264 e. The Kier molecular flexibility index (Phi) is 6.65. The van der Waals surface area contributed by atoms with Gasteiger partial charge in [-0.1, -0.05) is 0 Å². The van der Waals surface area contributed by atoms with E-state index in [-0.39, 0.29) is 25.2 Å². The molecule has 18 heavy (non-hydrogen) atoms. The molecule has 1 heterocycles. The molecule has 0 aliphatic carbocycles. The second kappa shape index (κ2) is 7.74. The third-order valence-electron chi connectivity index (χ3n) is 1.99. The van der Waals surface area contributed by atoms with Crippen molar-refractivity contribution in [3.63, 3.8) is 0 Å². The number of H-pyrrole nitrogens is 1. The lowest BCUT2D eigenvalue weighted by molar-refractivity contribution is 0.0182. The fraction of sp³-hybridized carbons (Fsp3) is 0.600. The van der Waals surface area contributed by atoms with Gasteiger partial charge in [-0.05, 0) is 22.6 Å². The number of hydrogen-bond acceptors (Lipinski definition) is 4. The van der Waals surface area contributed by atoms with E-state index >= 15 is 0 Å². The largest absolute Gasteiger partial charge is 0.378 e. The van der Waals surface area contributed by atoms with Gasteiger partial charge in [-0.3, -0.25) is 4.79 Å². The van der Waals surface area contributed by atoms with Crippen molar-refractivity contribution in [1.82, 2.24) is 9.97 Å². The van der Waals surface area contributed by atoms with E-state index in [2.05, 4.69) is 9.97 Å². The van der Waals surface area contributed by atoms with E-state index in [9.17, 15) is 13.6 Å². The minimum absolute atomic E-state index is 0.0836. The van der Waals surface area contributed by atoms with Crippen LogP contribution >= 0.6 is 22.6 Å². The predicted molar refractivity (Wildman–Crippen MR) is 68.8 cm³/mol. The number of hydrogen-bond donors (Lipinski definition) is 1. The Balaban J connectivity index is 2.63. The van der Waals surface area contributed by atoms with E-state index in [1.165, 1.54) is 7.11 Å². The first-order valence-corrected chi connectivity index (χ1v) is 6.25. The third-order valence-corrected chi connectivity index (χ3v) is 3.10. The Labute approximate surface area is 116 Å². The number of alkyl halides is 2. The Morgan fingerprint density at radius 1 is 1.50 bits per heavy atom. The van der Waals surface area contributed by atoms with Gasteiger partial charge in [-0.25, -0.2) is 13.8 Å². The van der Waals surface area contributed by atoms with Gasteiger partial charge in [0.1, 0.15) is 16.0 Å². The SMILES string of the molecule is COCc1nc(CCOCC(F)F)[nH]c(=O)c1I. The Morgan fingerprint density at radius 3 is 2.83 bits per heavy atom. The van der Waals surface area contributed by atoms with Gasteiger partial charge in [-0.2, -0.15) is 0 Å². The molecule has 0 aliphatic heterocycles. The second-order valence-corrected chi connectivity index (χ2v) is 4.50. The zero-order chi connectivity index (χ0) is 13.5. The number of rotatable bonds is 7. The van der Waals surface area contributed by atoms with Crippen molar-refractivity contribution in [2.45, 2.75) is 19.5 Å². The van der Waals surface area contributed by atoms with Gasteiger partial charge in [-0.15, -0.1) is 0 Å². The molecule has 1 rings (SSSR count). The maximum atomic E-state index is 11.8.